The van der Waals surface area contributed by atoms with E-state index in [9.17, 15) is 4.79 Å². The van der Waals surface area contributed by atoms with Crippen LogP contribution in [0.15, 0.2) is 39.9 Å². The van der Waals surface area contributed by atoms with E-state index in [0.717, 1.165) is 15.7 Å². The largest absolute Gasteiger partial charge is 0.270 e. The first kappa shape index (κ1) is 11.8. The summed E-state index contributed by atoms with van der Waals surface area (Å²) in [4.78, 5) is 14.0. The summed E-state index contributed by atoms with van der Waals surface area (Å²) in [6, 6.07) is 7.99. The van der Waals surface area contributed by atoms with E-state index in [1.54, 1.807) is 17.0 Å². The fourth-order valence-corrected chi connectivity index (χ4v) is 2.09. The molecular weight excluding hydrogens is 282 g/mol. The Morgan fingerprint density at radius 1 is 1.53 bits per heavy atom. The second kappa shape index (κ2) is 5.08. The lowest BCUT2D eigenvalue weighted by molar-refractivity contribution is 0.565. The van der Waals surface area contributed by atoms with Gasteiger partial charge in [0.2, 0.25) is 6.08 Å². The van der Waals surface area contributed by atoms with Gasteiger partial charge in [-0.15, -0.1) is 0 Å². The number of carbonyl (C=O) groups excluding carboxylic acids is 1. The van der Waals surface area contributed by atoms with Crippen LogP contribution in [0.2, 0.25) is 0 Å². The molecule has 0 aliphatic rings. The maximum absolute atomic E-state index is 10.3. The summed E-state index contributed by atoms with van der Waals surface area (Å²) in [5.74, 6) is 0. The molecule has 0 N–H and O–H groups in total. The number of aryl methyl sites for hydroxylation is 1. The minimum atomic E-state index is 0.572. The van der Waals surface area contributed by atoms with Crippen molar-refractivity contribution in [3.63, 3.8) is 0 Å². The molecule has 0 saturated carbocycles. The zero-order chi connectivity index (χ0) is 12.3. The van der Waals surface area contributed by atoms with Gasteiger partial charge < -0.3 is 0 Å². The highest BCUT2D eigenvalue weighted by molar-refractivity contribution is 9.10. The van der Waals surface area contributed by atoms with Crippen molar-refractivity contribution >= 4 is 27.7 Å². The molecule has 17 heavy (non-hydrogen) atoms. The predicted octanol–water partition coefficient (Wildman–Crippen LogP) is 2.74. The van der Waals surface area contributed by atoms with Crippen molar-refractivity contribution in [2.45, 2.75) is 6.42 Å². The van der Waals surface area contributed by atoms with Gasteiger partial charge >= 0.3 is 0 Å². The van der Waals surface area contributed by atoms with Gasteiger partial charge in [0.25, 0.3) is 0 Å². The Labute approximate surface area is 107 Å². The summed E-state index contributed by atoms with van der Waals surface area (Å²) in [7, 11) is 1.83. The first-order valence-corrected chi connectivity index (χ1v) is 5.83. The van der Waals surface area contributed by atoms with Crippen molar-refractivity contribution in [3.8, 4) is 0 Å². The third-order valence-electron chi connectivity index (χ3n) is 2.47. The summed E-state index contributed by atoms with van der Waals surface area (Å²) in [5.41, 5.74) is 2.60. The number of benzene rings is 1. The Bertz CT molecular complexity index is 585. The van der Waals surface area contributed by atoms with E-state index in [1.807, 2.05) is 31.3 Å². The van der Waals surface area contributed by atoms with Crippen molar-refractivity contribution in [3.05, 3.63) is 46.2 Å². The molecule has 0 amide bonds. The van der Waals surface area contributed by atoms with E-state index in [0.29, 0.717) is 12.1 Å². The van der Waals surface area contributed by atoms with Crippen LogP contribution in [0.1, 0.15) is 11.3 Å². The van der Waals surface area contributed by atoms with Crippen LogP contribution in [0.25, 0.3) is 0 Å². The summed E-state index contributed by atoms with van der Waals surface area (Å²) in [6.45, 7) is 0. The fourth-order valence-electron chi connectivity index (χ4n) is 1.64. The van der Waals surface area contributed by atoms with E-state index in [-0.39, 0.29) is 0 Å². The van der Waals surface area contributed by atoms with Crippen LogP contribution in [0.5, 0.6) is 0 Å². The van der Waals surface area contributed by atoms with E-state index in [4.69, 9.17) is 0 Å². The lowest BCUT2D eigenvalue weighted by Gasteiger charge is -2.04. The van der Waals surface area contributed by atoms with E-state index in [2.05, 4.69) is 26.0 Å². The van der Waals surface area contributed by atoms with Crippen LogP contribution < -0.4 is 0 Å². The Balaban J connectivity index is 2.35. The Morgan fingerprint density at radius 3 is 3.06 bits per heavy atom. The molecule has 2 rings (SSSR count). The molecule has 1 heterocycles. The number of aliphatic imine (C=N–C) groups is 1. The molecule has 0 bridgehead atoms. The van der Waals surface area contributed by atoms with Gasteiger partial charge in [0.1, 0.15) is 5.69 Å². The molecule has 86 valence electrons. The molecule has 0 aliphatic carbocycles. The van der Waals surface area contributed by atoms with Crippen molar-refractivity contribution < 1.29 is 4.79 Å². The van der Waals surface area contributed by atoms with Crippen LogP contribution in [0.4, 0.5) is 5.69 Å². The van der Waals surface area contributed by atoms with Crippen molar-refractivity contribution in [1.82, 2.24) is 9.78 Å². The number of hydrogen-bond acceptors (Lipinski definition) is 3. The van der Waals surface area contributed by atoms with Gasteiger partial charge in [-0.05, 0) is 17.7 Å². The quantitative estimate of drug-likeness (QED) is 0.645. The smallest absolute Gasteiger partial charge is 0.240 e. The van der Waals surface area contributed by atoms with Crippen molar-refractivity contribution in [2.75, 3.05) is 0 Å². The Kier molecular flexibility index (Phi) is 3.52. The second-order valence-corrected chi connectivity index (χ2v) is 4.53. The molecule has 2 aromatic rings. The molecule has 5 heteroatoms. The second-order valence-electron chi connectivity index (χ2n) is 3.61. The number of nitrogens with zero attached hydrogens (tertiary/aromatic N) is 3. The first-order chi connectivity index (χ1) is 8.20. The highest BCUT2D eigenvalue weighted by Crippen LogP contribution is 2.22. The Morgan fingerprint density at radius 2 is 2.35 bits per heavy atom. The molecular formula is C12H10BrN3O. The fraction of sp³-hybridized carbons (Fsp3) is 0.167. The standard InChI is InChI=1S/C12H10BrN3O/c1-16-12(11(7-15-16)14-8-17)6-9-3-2-4-10(13)5-9/h2-5,7H,6H2,1H3. The summed E-state index contributed by atoms with van der Waals surface area (Å²) in [6.07, 6.45) is 3.79. The van der Waals surface area contributed by atoms with Gasteiger partial charge in [0.15, 0.2) is 0 Å². The maximum atomic E-state index is 10.3. The monoisotopic (exact) mass is 291 g/mol. The number of halogens is 1. The average molecular weight is 292 g/mol. The third-order valence-corrected chi connectivity index (χ3v) is 2.96. The molecule has 0 aliphatic heterocycles. The molecule has 0 radical (unpaired) electrons. The highest BCUT2D eigenvalue weighted by atomic mass is 79.9. The normalized spacial score (nSPS) is 10.0. The molecule has 1 aromatic heterocycles. The molecule has 0 unspecified atom stereocenters. The van der Waals surface area contributed by atoms with Gasteiger partial charge in [0.05, 0.1) is 11.9 Å². The van der Waals surface area contributed by atoms with E-state index in [1.165, 1.54) is 0 Å². The SMILES string of the molecule is Cn1ncc(N=C=O)c1Cc1cccc(Br)c1. The summed E-state index contributed by atoms with van der Waals surface area (Å²) < 4.78 is 2.74. The maximum Gasteiger partial charge on any atom is 0.240 e. The van der Waals surface area contributed by atoms with Crippen molar-refractivity contribution in [2.24, 2.45) is 12.0 Å². The molecule has 0 fully saturated rings. The van der Waals surface area contributed by atoms with Crippen LogP contribution in [0.3, 0.4) is 0 Å². The van der Waals surface area contributed by atoms with Crippen molar-refractivity contribution in [1.29, 1.82) is 0 Å². The topological polar surface area (TPSA) is 47.2 Å². The predicted molar refractivity (Wildman–Crippen MR) is 67.9 cm³/mol. The molecule has 0 spiro atoms. The van der Waals surface area contributed by atoms with Gasteiger partial charge in [-0.1, -0.05) is 28.1 Å². The average Bonchev–Trinajstić information content (AvgIpc) is 2.62. The number of isocyanates is 1. The van der Waals surface area contributed by atoms with E-state index < -0.39 is 0 Å². The number of hydrogen-bond donors (Lipinski definition) is 0. The molecule has 0 saturated heterocycles. The van der Waals surface area contributed by atoms with Gasteiger partial charge in [0, 0.05) is 17.9 Å². The first-order valence-electron chi connectivity index (χ1n) is 5.04. The van der Waals surface area contributed by atoms with E-state index >= 15 is 0 Å². The van der Waals surface area contributed by atoms with Crippen LogP contribution in [0, 0.1) is 0 Å². The number of rotatable bonds is 3. The summed E-state index contributed by atoms with van der Waals surface area (Å²) in [5, 5.41) is 4.09. The minimum absolute atomic E-state index is 0.572. The lowest BCUT2D eigenvalue weighted by Crippen LogP contribution is -1.99. The van der Waals surface area contributed by atoms with Gasteiger partial charge in [-0.2, -0.15) is 10.1 Å². The van der Waals surface area contributed by atoms with Crippen LogP contribution >= 0.6 is 15.9 Å². The van der Waals surface area contributed by atoms with Gasteiger partial charge in [-0.3, -0.25) is 4.68 Å². The van der Waals surface area contributed by atoms with Crippen LogP contribution in [-0.4, -0.2) is 15.9 Å². The number of aromatic nitrogens is 2. The van der Waals surface area contributed by atoms with Crippen LogP contribution in [-0.2, 0) is 18.3 Å². The lowest BCUT2D eigenvalue weighted by atomic mass is 10.1. The third kappa shape index (κ3) is 2.70. The summed E-state index contributed by atoms with van der Waals surface area (Å²) >= 11 is 3.43. The van der Waals surface area contributed by atoms with Gasteiger partial charge in [-0.25, -0.2) is 4.79 Å². The highest BCUT2D eigenvalue weighted by Gasteiger charge is 2.08. The zero-order valence-corrected chi connectivity index (χ0v) is 10.8. The Hall–Kier alpha value is -1.71. The molecule has 4 nitrogen and oxygen atoms in total. The minimum Gasteiger partial charge on any atom is -0.270 e. The zero-order valence-electron chi connectivity index (χ0n) is 9.22. The molecule has 1 aromatic carbocycles. The molecule has 0 atom stereocenters.